The highest BCUT2D eigenvalue weighted by Gasteiger charge is 2.51. The molecule has 3 aromatic rings. The zero-order valence-electron chi connectivity index (χ0n) is 25.2. The van der Waals surface area contributed by atoms with Crippen LogP contribution >= 0.6 is 0 Å². The van der Waals surface area contributed by atoms with Crippen molar-refractivity contribution in [3.8, 4) is 0 Å². The quantitative estimate of drug-likeness (QED) is 0.336. The van der Waals surface area contributed by atoms with Crippen molar-refractivity contribution in [2.45, 2.75) is 57.2 Å². The molecule has 3 fully saturated rings. The summed E-state index contributed by atoms with van der Waals surface area (Å²) < 4.78 is 21.1. The van der Waals surface area contributed by atoms with E-state index in [1.54, 1.807) is 24.0 Å². The Bertz CT molecular complexity index is 1430. The van der Waals surface area contributed by atoms with Crippen molar-refractivity contribution in [1.82, 2.24) is 4.90 Å². The van der Waals surface area contributed by atoms with Gasteiger partial charge in [-0.15, -0.1) is 0 Å². The molecule has 6 rings (SSSR count). The smallest absolute Gasteiger partial charge is 0.257 e. The van der Waals surface area contributed by atoms with E-state index in [1.807, 2.05) is 67.5 Å². The molecule has 226 valence electrons. The first-order chi connectivity index (χ1) is 20.8. The standard InChI is InChI=1S/C35H41FN4O3/c1-22-7-6-10-30(36)32(22)35(42)40-31-21-43-20-24(31)19-29(34(41)38-27-15-17-28(18-16-27)39(2)3)33(40)23-11-13-26(14-12-23)37-25-8-4-5-9-25/h6-7,10-18,24-25,29,31,33,37H,4-5,8-9,19-21H2,1-3H3,(H,38,41). The number of fused-ring (bicyclic) bond motifs is 1. The van der Waals surface area contributed by atoms with Crippen LogP contribution in [-0.4, -0.2) is 56.1 Å². The van der Waals surface area contributed by atoms with E-state index in [4.69, 9.17) is 4.74 Å². The number of amides is 2. The largest absolute Gasteiger partial charge is 0.382 e. The fourth-order valence-corrected chi connectivity index (χ4v) is 7.09. The topological polar surface area (TPSA) is 73.9 Å². The van der Waals surface area contributed by atoms with Crippen molar-refractivity contribution in [1.29, 1.82) is 0 Å². The summed E-state index contributed by atoms with van der Waals surface area (Å²) >= 11 is 0. The predicted molar refractivity (Wildman–Crippen MR) is 168 cm³/mol. The minimum Gasteiger partial charge on any atom is -0.382 e. The van der Waals surface area contributed by atoms with Gasteiger partial charge in [-0.3, -0.25) is 9.59 Å². The van der Waals surface area contributed by atoms with Crippen molar-refractivity contribution < 1.29 is 18.7 Å². The van der Waals surface area contributed by atoms with Crippen LogP contribution in [0.3, 0.4) is 0 Å². The van der Waals surface area contributed by atoms with Crippen molar-refractivity contribution in [2.75, 3.05) is 42.8 Å². The highest BCUT2D eigenvalue weighted by molar-refractivity contribution is 5.98. The second-order valence-corrected chi connectivity index (χ2v) is 12.5. The van der Waals surface area contributed by atoms with Crippen LogP contribution in [0.4, 0.5) is 21.5 Å². The fourth-order valence-electron chi connectivity index (χ4n) is 7.09. The van der Waals surface area contributed by atoms with Crippen LogP contribution in [0.2, 0.25) is 0 Å². The number of anilines is 3. The summed E-state index contributed by atoms with van der Waals surface area (Å²) in [5.74, 6) is -1.70. The number of aryl methyl sites for hydroxylation is 1. The molecule has 1 saturated carbocycles. The number of halogens is 1. The van der Waals surface area contributed by atoms with E-state index in [0.29, 0.717) is 36.9 Å². The molecule has 2 saturated heterocycles. The van der Waals surface area contributed by atoms with Gasteiger partial charge in [0.05, 0.1) is 36.8 Å². The Labute approximate surface area is 253 Å². The van der Waals surface area contributed by atoms with Gasteiger partial charge in [-0.1, -0.05) is 37.1 Å². The number of carbonyl (C=O) groups excluding carboxylic acids is 2. The summed E-state index contributed by atoms with van der Waals surface area (Å²) in [5, 5.41) is 6.75. The Hall–Kier alpha value is -3.91. The minimum atomic E-state index is -0.587. The van der Waals surface area contributed by atoms with Gasteiger partial charge >= 0.3 is 0 Å². The van der Waals surface area contributed by atoms with Gasteiger partial charge in [0.2, 0.25) is 5.91 Å². The Kier molecular flexibility index (Phi) is 8.39. The molecule has 43 heavy (non-hydrogen) atoms. The Balaban J connectivity index is 1.37. The molecule has 2 aliphatic heterocycles. The van der Waals surface area contributed by atoms with E-state index in [2.05, 4.69) is 10.6 Å². The summed E-state index contributed by atoms with van der Waals surface area (Å²) in [4.78, 5) is 32.2. The zero-order chi connectivity index (χ0) is 30.1. The van der Waals surface area contributed by atoms with E-state index in [0.717, 1.165) is 29.8 Å². The lowest BCUT2D eigenvalue weighted by Gasteiger charge is -2.47. The molecule has 1 aliphatic carbocycles. The molecule has 0 spiro atoms. The molecule has 3 aromatic carbocycles. The van der Waals surface area contributed by atoms with Crippen LogP contribution < -0.4 is 15.5 Å². The number of hydrogen-bond acceptors (Lipinski definition) is 5. The Morgan fingerprint density at radius 2 is 1.63 bits per heavy atom. The first kappa shape index (κ1) is 29.2. The number of rotatable bonds is 7. The summed E-state index contributed by atoms with van der Waals surface area (Å²) in [6.45, 7) is 2.58. The van der Waals surface area contributed by atoms with Crippen molar-refractivity contribution in [2.24, 2.45) is 11.8 Å². The minimum absolute atomic E-state index is 0.0255. The average Bonchev–Trinajstić information content (AvgIpc) is 3.69. The van der Waals surface area contributed by atoms with E-state index in [1.165, 1.54) is 18.9 Å². The van der Waals surface area contributed by atoms with Gasteiger partial charge in [-0.05, 0) is 79.8 Å². The maximum absolute atomic E-state index is 15.2. The molecule has 0 bridgehead atoms. The van der Waals surface area contributed by atoms with Crippen LogP contribution in [0.5, 0.6) is 0 Å². The number of nitrogens with one attached hydrogen (secondary N) is 2. The predicted octanol–water partition coefficient (Wildman–Crippen LogP) is 6.41. The van der Waals surface area contributed by atoms with Gasteiger partial charge in [-0.2, -0.15) is 0 Å². The van der Waals surface area contributed by atoms with E-state index >= 15 is 4.39 Å². The first-order valence-corrected chi connectivity index (χ1v) is 15.4. The zero-order valence-corrected chi connectivity index (χ0v) is 25.2. The molecule has 2 amide bonds. The normalized spacial score (nSPS) is 23.6. The number of hydrogen-bond donors (Lipinski definition) is 2. The number of benzene rings is 3. The van der Waals surface area contributed by atoms with Gasteiger partial charge in [-0.25, -0.2) is 4.39 Å². The lowest BCUT2D eigenvalue weighted by molar-refractivity contribution is -0.124. The lowest BCUT2D eigenvalue weighted by atomic mass is 9.76. The average molecular weight is 585 g/mol. The second-order valence-electron chi connectivity index (χ2n) is 12.5. The van der Waals surface area contributed by atoms with Crippen LogP contribution in [0, 0.1) is 24.6 Å². The summed E-state index contributed by atoms with van der Waals surface area (Å²) in [5.41, 5.74) is 4.23. The van der Waals surface area contributed by atoms with Gasteiger partial charge in [0.15, 0.2) is 0 Å². The number of likely N-dealkylation sites (tertiary alicyclic amines) is 1. The molecular formula is C35H41FN4O3. The molecule has 3 aliphatic rings. The maximum atomic E-state index is 15.2. The van der Waals surface area contributed by atoms with Crippen molar-refractivity contribution in [3.05, 3.63) is 89.2 Å². The SMILES string of the molecule is Cc1cccc(F)c1C(=O)N1C2COCC2CC(C(=O)Nc2ccc(N(C)C)cc2)C1c1ccc(NC2CCCC2)cc1. The summed E-state index contributed by atoms with van der Waals surface area (Å²) in [6.07, 6.45) is 5.37. The number of nitrogens with zero attached hydrogens (tertiary/aromatic N) is 2. The number of ether oxygens (including phenoxy) is 1. The summed E-state index contributed by atoms with van der Waals surface area (Å²) in [6, 6.07) is 20.1. The van der Waals surface area contributed by atoms with E-state index in [-0.39, 0.29) is 23.4 Å². The van der Waals surface area contributed by atoms with Crippen molar-refractivity contribution >= 4 is 28.9 Å². The molecule has 2 heterocycles. The highest BCUT2D eigenvalue weighted by Crippen LogP contribution is 2.46. The van der Waals surface area contributed by atoms with Gasteiger partial charge in [0, 0.05) is 43.1 Å². The molecule has 0 radical (unpaired) electrons. The second kappa shape index (κ2) is 12.4. The van der Waals surface area contributed by atoms with Crippen LogP contribution in [0.25, 0.3) is 0 Å². The molecule has 7 nitrogen and oxygen atoms in total. The Morgan fingerprint density at radius 1 is 0.930 bits per heavy atom. The van der Waals surface area contributed by atoms with E-state index in [9.17, 15) is 9.59 Å². The molecule has 4 unspecified atom stereocenters. The molecule has 2 N–H and O–H groups in total. The third-order valence-electron chi connectivity index (χ3n) is 9.40. The Morgan fingerprint density at radius 3 is 2.30 bits per heavy atom. The van der Waals surface area contributed by atoms with Crippen LogP contribution in [-0.2, 0) is 9.53 Å². The molecule has 8 heteroatoms. The number of carbonyl (C=O) groups is 2. The lowest BCUT2D eigenvalue weighted by Crippen LogP contribution is -2.55. The monoisotopic (exact) mass is 584 g/mol. The molecular weight excluding hydrogens is 543 g/mol. The maximum Gasteiger partial charge on any atom is 0.257 e. The van der Waals surface area contributed by atoms with Crippen LogP contribution in [0.15, 0.2) is 66.7 Å². The van der Waals surface area contributed by atoms with Gasteiger partial charge in [0.25, 0.3) is 5.91 Å². The third-order valence-corrected chi connectivity index (χ3v) is 9.40. The van der Waals surface area contributed by atoms with Gasteiger partial charge in [0.1, 0.15) is 5.82 Å². The summed E-state index contributed by atoms with van der Waals surface area (Å²) in [7, 11) is 3.94. The highest BCUT2D eigenvalue weighted by atomic mass is 19.1. The van der Waals surface area contributed by atoms with E-state index < -0.39 is 23.7 Å². The first-order valence-electron chi connectivity index (χ1n) is 15.4. The molecule has 4 atom stereocenters. The van der Waals surface area contributed by atoms with Crippen LogP contribution in [0.1, 0.15) is 59.6 Å². The van der Waals surface area contributed by atoms with Crippen molar-refractivity contribution in [3.63, 3.8) is 0 Å². The fraction of sp³-hybridized carbons (Fsp3) is 0.429. The molecule has 0 aromatic heterocycles. The number of piperidine rings is 1. The third kappa shape index (κ3) is 5.98. The van der Waals surface area contributed by atoms with Gasteiger partial charge < -0.3 is 25.2 Å².